The summed E-state index contributed by atoms with van der Waals surface area (Å²) in [6.45, 7) is 2.33. The Hall–Kier alpha value is -1.25. The fourth-order valence-electron chi connectivity index (χ4n) is 1.11. The summed E-state index contributed by atoms with van der Waals surface area (Å²) in [7, 11) is 0. The van der Waals surface area contributed by atoms with Gasteiger partial charge in [-0.1, -0.05) is 0 Å². The fraction of sp³-hybridized carbons (Fsp3) is 0.375. The van der Waals surface area contributed by atoms with Gasteiger partial charge in [-0.25, -0.2) is 0 Å². The summed E-state index contributed by atoms with van der Waals surface area (Å²) in [5.74, 6) is 0.848. The molecule has 0 radical (unpaired) electrons. The number of nitrogens with zero attached hydrogens (tertiary/aromatic N) is 2. The van der Waals surface area contributed by atoms with Gasteiger partial charge < -0.3 is 9.30 Å². The minimum Gasteiger partial charge on any atom is -0.478 e. The van der Waals surface area contributed by atoms with Gasteiger partial charge >= 0.3 is 0 Å². The van der Waals surface area contributed by atoms with Gasteiger partial charge in [-0.3, -0.25) is 4.99 Å². The van der Waals surface area contributed by atoms with Gasteiger partial charge in [0.15, 0.2) is 0 Å². The summed E-state index contributed by atoms with van der Waals surface area (Å²) in [6, 6.07) is 3.99. The minimum atomic E-state index is 0.747. The van der Waals surface area contributed by atoms with Crippen LogP contribution in [-0.2, 0) is 11.3 Å². The van der Waals surface area contributed by atoms with Crippen molar-refractivity contribution in [2.75, 3.05) is 13.2 Å². The topological polar surface area (TPSA) is 26.5 Å². The molecule has 0 atom stereocenters. The second-order valence-electron chi connectivity index (χ2n) is 2.48. The Labute approximate surface area is 65.3 Å². The maximum Gasteiger partial charge on any atom is 0.203 e. The highest BCUT2D eigenvalue weighted by molar-refractivity contribution is 5.77. The van der Waals surface area contributed by atoms with Crippen LogP contribution < -0.4 is 0 Å². The van der Waals surface area contributed by atoms with E-state index in [0.717, 1.165) is 25.6 Å². The summed E-state index contributed by atoms with van der Waals surface area (Å²) in [5, 5.41) is 0. The van der Waals surface area contributed by atoms with Gasteiger partial charge in [0, 0.05) is 12.4 Å². The molecule has 3 nitrogen and oxygen atoms in total. The second kappa shape index (κ2) is 2.78. The highest BCUT2D eigenvalue weighted by Crippen LogP contribution is 1.98. The van der Waals surface area contributed by atoms with Crippen LogP contribution in [0.5, 0.6) is 0 Å². The van der Waals surface area contributed by atoms with Crippen LogP contribution in [0.3, 0.4) is 0 Å². The standard InChI is InChI=1S/C8H10N2O/c1-2-5-10(4-1)7-8-9-3-6-11-8/h1-2,4-5H,3,6-7H2. The summed E-state index contributed by atoms with van der Waals surface area (Å²) >= 11 is 0. The second-order valence-corrected chi connectivity index (χ2v) is 2.48. The lowest BCUT2D eigenvalue weighted by molar-refractivity contribution is 0.335. The molecule has 0 bridgehead atoms. The normalized spacial score (nSPS) is 16.2. The molecule has 0 amide bonds. The van der Waals surface area contributed by atoms with Crippen LogP contribution in [0.2, 0.25) is 0 Å². The summed E-state index contributed by atoms with van der Waals surface area (Å²) in [6.07, 6.45) is 4.01. The van der Waals surface area contributed by atoms with Gasteiger partial charge in [0.2, 0.25) is 5.90 Å². The third kappa shape index (κ3) is 1.42. The van der Waals surface area contributed by atoms with Crippen LogP contribution in [-0.4, -0.2) is 23.6 Å². The zero-order valence-corrected chi connectivity index (χ0v) is 6.23. The zero-order valence-electron chi connectivity index (χ0n) is 6.23. The Morgan fingerprint density at radius 1 is 1.45 bits per heavy atom. The number of aromatic nitrogens is 1. The predicted octanol–water partition coefficient (Wildman–Crippen LogP) is 0.917. The summed E-state index contributed by atoms with van der Waals surface area (Å²) in [4.78, 5) is 4.18. The molecule has 11 heavy (non-hydrogen) atoms. The van der Waals surface area contributed by atoms with E-state index in [0.29, 0.717) is 0 Å². The van der Waals surface area contributed by atoms with Crippen LogP contribution in [0.1, 0.15) is 0 Å². The molecule has 0 aliphatic carbocycles. The van der Waals surface area contributed by atoms with Gasteiger partial charge in [0.1, 0.15) is 6.61 Å². The number of aliphatic imine (C=N–C) groups is 1. The molecule has 1 aliphatic heterocycles. The maximum atomic E-state index is 5.26. The molecule has 58 valence electrons. The van der Waals surface area contributed by atoms with Crippen LogP contribution in [0.25, 0.3) is 0 Å². The monoisotopic (exact) mass is 150 g/mol. The molecule has 0 saturated heterocycles. The third-order valence-corrected chi connectivity index (χ3v) is 1.63. The molecule has 0 aromatic carbocycles. The fourth-order valence-corrected chi connectivity index (χ4v) is 1.11. The first-order chi connectivity index (χ1) is 5.45. The first-order valence-electron chi connectivity index (χ1n) is 3.72. The Bertz CT molecular complexity index is 251. The van der Waals surface area contributed by atoms with Crippen LogP contribution >= 0.6 is 0 Å². The molecule has 0 fully saturated rings. The lowest BCUT2D eigenvalue weighted by Gasteiger charge is -2.01. The lowest BCUT2D eigenvalue weighted by atomic mass is 10.6. The third-order valence-electron chi connectivity index (χ3n) is 1.63. The molecule has 1 aliphatic rings. The van der Waals surface area contributed by atoms with Crippen molar-refractivity contribution >= 4 is 5.90 Å². The number of hydrogen-bond donors (Lipinski definition) is 0. The molecule has 0 spiro atoms. The van der Waals surface area contributed by atoms with Crippen LogP contribution in [0.15, 0.2) is 29.5 Å². The molecular formula is C8H10N2O. The van der Waals surface area contributed by atoms with E-state index in [-0.39, 0.29) is 0 Å². The average molecular weight is 150 g/mol. The van der Waals surface area contributed by atoms with Crippen molar-refractivity contribution in [1.82, 2.24) is 4.57 Å². The van der Waals surface area contributed by atoms with Crippen molar-refractivity contribution in [3.05, 3.63) is 24.5 Å². The van der Waals surface area contributed by atoms with E-state index in [2.05, 4.69) is 4.99 Å². The SMILES string of the molecule is c1ccn(CC2=NCCO2)c1. The highest BCUT2D eigenvalue weighted by atomic mass is 16.5. The van der Waals surface area contributed by atoms with E-state index in [1.807, 2.05) is 29.1 Å². The number of hydrogen-bond acceptors (Lipinski definition) is 2. The van der Waals surface area contributed by atoms with Crippen molar-refractivity contribution < 1.29 is 4.74 Å². The van der Waals surface area contributed by atoms with Crippen molar-refractivity contribution in [3.63, 3.8) is 0 Å². The Morgan fingerprint density at radius 3 is 2.91 bits per heavy atom. The quantitative estimate of drug-likeness (QED) is 0.615. The largest absolute Gasteiger partial charge is 0.478 e. The molecule has 2 rings (SSSR count). The first-order valence-corrected chi connectivity index (χ1v) is 3.72. The number of rotatable bonds is 2. The summed E-state index contributed by atoms with van der Waals surface area (Å²) < 4.78 is 7.30. The van der Waals surface area contributed by atoms with E-state index in [9.17, 15) is 0 Å². The van der Waals surface area contributed by atoms with Gasteiger partial charge in [0.25, 0.3) is 0 Å². The van der Waals surface area contributed by atoms with Crippen molar-refractivity contribution in [1.29, 1.82) is 0 Å². The Balaban J connectivity index is 2.00. The minimum absolute atomic E-state index is 0.747. The molecule has 3 heteroatoms. The molecule has 1 aromatic heterocycles. The zero-order chi connectivity index (χ0) is 7.52. The smallest absolute Gasteiger partial charge is 0.203 e. The predicted molar refractivity (Wildman–Crippen MR) is 42.7 cm³/mol. The first kappa shape index (κ1) is 6.46. The molecule has 0 saturated carbocycles. The lowest BCUT2D eigenvalue weighted by Crippen LogP contribution is -2.08. The summed E-state index contributed by atoms with van der Waals surface area (Å²) in [5.41, 5.74) is 0. The maximum absolute atomic E-state index is 5.26. The van der Waals surface area contributed by atoms with Crippen molar-refractivity contribution in [2.45, 2.75) is 6.54 Å². The molecule has 0 N–H and O–H groups in total. The molecule has 2 heterocycles. The number of ether oxygens (including phenoxy) is 1. The Morgan fingerprint density at radius 2 is 2.27 bits per heavy atom. The van der Waals surface area contributed by atoms with Crippen molar-refractivity contribution in [2.24, 2.45) is 4.99 Å². The molecule has 1 aromatic rings. The van der Waals surface area contributed by atoms with Crippen LogP contribution in [0.4, 0.5) is 0 Å². The Kier molecular flexibility index (Phi) is 1.63. The van der Waals surface area contributed by atoms with Crippen molar-refractivity contribution in [3.8, 4) is 0 Å². The van der Waals surface area contributed by atoms with E-state index < -0.39 is 0 Å². The van der Waals surface area contributed by atoms with Gasteiger partial charge in [-0.2, -0.15) is 0 Å². The van der Waals surface area contributed by atoms with E-state index in [1.54, 1.807) is 0 Å². The van der Waals surface area contributed by atoms with Gasteiger partial charge in [-0.15, -0.1) is 0 Å². The highest BCUT2D eigenvalue weighted by Gasteiger charge is 2.05. The van der Waals surface area contributed by atoms with E-state index in [4.69, 9.17) is 4.74 Å². The van der Waals surface area contributed by atoms with E-state index in [1.165, 1.54) is 0 Å². The van der Waals surface area contributed by atoms with Gasteiger partial charge in [0.05, 0.1) is 13.1 Å². The van der Waals surface area contributed by atoms with E-state index >= 15 is 0 Å². The molecular weight excluding hydrogens is 140 g/mol. The average Bonchev–Trinajstić information content (AvgIpc) is 2.60. The van der Waals surface area contributed by atoms with Gasteiger partial charge in [-0.05, 0) is 12.1 Å². The van der Waals surface area contributed by atoms with Crippen LogP contribution in [0, 0.1) is 0 Å². The molecule has 0 unspecified atom stereocenters.